The zero-order valence-corrected chi connectivity index (χ0v) is 13.0. The number of halogens is 1. The molecule has 100 valence electrons. The first-order valence-corrected chi connectivity index (χ1v) is 7.22. The van der Waals surface area contributed by atoms with Gasteiger partial charge in [0.05, 0.1) is 5.52 Å². The van der Waals surface area contributed by atoms with Crippen LogP contribution < -0.4 is 5.32 Å². The smallest absolute Gasteiger partial charge is 0.276 e. The predicted octanol–water partition coefficient (Wildman–Crippen LogP) is 3.43. The van der Waals surface area contributed by atoms with Crippen LogP contribution in [0, 0.1) is 3.57 Å². The number of carbonyl (C=O) groups excluding carboxylic acids is 1. The molecule has 0 aliphatic heterocycles. The number of rotatable bonds is 2. The van der Waals surface area contributed by atoms with Gasteiger partial charge in [0.25, 0.3) is 5.91 Å². The normalized spacial score (nSPS) is 10.7. The number of fused-ring (bicyclic) bond motifs is 1. The molecule has 5 heteroatoms. The third-order valence-corrected chi connectivity index (χ3v) is 3.73. The molecule has 0 saturated carbocycles. The van der Waals surface area contributed by atoms with Crippen LogP contribution >= 0.6 is 22.6 Å². The maximum Gasteiger partial charge on any atom is 0.276 e. The fourth-order valence-corrected chi connectivity index (χ4v) is 2.68. The zero-order valence-electron chi connectivity index (χ0n) is 10.8. The van der Waals surface area contributed by atoms with Gasteiger partial charge in [-0.15, -0.1) is 0 Å². The van der Waals surface area contributed by atoms with Crippen LogP contribution in [0.3, 0.4) is 0 Å². The summed E-state index contributed by atoms with van der Waals surface area (Å²) >= 11 is 2.21. The molecule has 4 nitrogen and oxygen atoms in total. The number of nitrogens with zero attached hydrogens (tertiary/aromatic N) is 2. The second-order valence-electron chi connectivity index (χ2n) is 4.45. The van der Waals surface area contributed by atoms with E-state index in [0.29, 0.717) is 5.69 Å². The Bertz CT molecular complexity index is 795. The van der Waals surface area contributed by atoms with E-state index in [4.69, 9.17) is 0 Å². The molecule has 0 fully saturated rings. The van der Waals surface area contributed by atoms with Crippen LogP contribution in [0.15, 0.2) is 48.5 Å². The third-order valence-electron chi connectivity index (χ3n) is 3.06. The molecule has 0 bridgehead atoms. The number of hydrogen-bond donors (Lipinski definition) is 1. The number of aromatic nitrogens is 2. The quantitative estimate of drug-likeness (QED) is 0.696. The standard InChI is InChI=1S/C15H12IN3O/c1-19-13-8-3-2-7-12(13)14(18-19)15(20)17-11-6-4-5-10(16)9-11/h2-9H,1H3,(H,17,20). The SMILES string of the molecule is Cn1nc(C(=O)Nc2cccc(I)c2)c2ccccc21. The number of anilines is 1. The van der Waals surface area contributed by atoms with Crippen LogP contribution in [-0.4, -0.2) is 15.7 Å². The van der Waals surface area contributed by atoms with Gasteiger partial charge in [-0.3, -0.25) is 9.48 Å². The van der Waals surface area contributed by atoms with Gasteiger partial charge in [-0.25, -0.2) is 0 Å². The number of hydrogen-bond acceptors (Lipinski definition) is 2. The minimum atomic E-state index is -0.191. The van der Waals surface area contributed by atoms with Gasteiger partial charge in [0, 0.05) is 21.7 Å². The van der Waals surface area contributed by atoms with Crippen molar-refractivity contribution in [2.24, 2.45) is 7.05 Å². The highest BCUT2D eigenvalue weighted by Gasteiger charge is 2.15. The largest absolute Gasteiger partial charge is 0.321 e. The first-order valence-electron chi connectivity index (χ1n) is 6.14. The predicted molar refractivity (Wildman–Crippen MR) is 87.8 cm³/mol. The molecule has 3 aromatic rings. The van der Waals surface area contributed by atoms with E-state index in [1.165, 1.54) is 0 Å². The van der Waals surface area contributed by atoms with Crippen molar-refractivity contribution in [3.8, 4) is 0 Å². The molecule has 0 aliphatic rings. The molecule has 1 heterocycles. The lowest BCUT2D eigenvalue weighted by Crippen LogP contribution is -2.13. The van der Waals surface area contributed by atoms with Gasteiger partial charge in [-0.1, -0.05) is 24.3 Å². The Morgan fingerprint density at radius 1 is 1.20 bits per heavy atom. The Morgan fingerprint density at radius 2 is 2.00 bits per heavy atom. The summed E-state index contributed by atoms with van der Waals surface area (Å²) in [6.45, 7) is 0. The van der Waals surface area contributed by atoms with E-state index >= 15 is 0 Å². The summed E-state index contributed by atoms with van der Waals surface area (Å²) < 4.78 is 2.80. The summed E-state index contributed by atoms with van der Waals surface area (Å²) in [5, 5.41) is 8.06. The maximum atomic E-state index is 12.4. The Morgan fingerprint density at radius 3 is 2.80 bits per heavy atom. The molecular weight excluding hydrogens is 365 g/mol. The zero-order chi connectivity index (χ0) is 14.1. The fraction of sp³-hybridized carbons (Fsp3) is 0.0667. The minimum Gasteiger partial charge on any atom is -0.321 e. The number of benzene rings is 2. The van der Waals surface area contributed by atoms with Gasteiger partial charge >= 0.3 is 0 Å². The molecule has 0 spiro atoms. The summed E-state index contributed by atoms with van der Waals surface area (Å²) in [5.74, 6) is -0.191. The van der Waals surface area contributed by atoms with E-state index in [9.17, 15) is 4.79 Å². The number of amides is 1. The maximum absolute atomic E-state index is 12.4. The molecule has 2 aromatic carbocycles. The highest BCUT2D eigenvalue weighted by atomic mass is 127. The van der Waals surface area contributed by atoms with Gasteiger partial charge in [-0.2, -0.15) is 5.10 Å². The van der Waals surface area contributed by atoms with E-state index in [2.05, 4.69) is 33.0 Å². The summed E-state index contributed by atoms with van der Waals surface area (Å²) in [6.07, 6.45) is 0. The van der Waals surface area contributed by atoms with E-state index in [0.717, 1.165) is 20.2 Å². The summed E-state index contributed by atoms with van der Waals surface area (Å²) in [5.41, 5.74) is 2.17. The Balaban J connectivity index is 1.97. The van der Waals surface area contributed by atoms with E-state index in [1.54, 1.807) is 4.68 Å². The lowest BCUT2D eigenvalue weighted by molar-refractivity contribution is 0.102. The van der Waals surface area contributed by atoms with Crippen LogP contribution in [0.5, 0.6) is 0 Å². The number of aryl methyl sites for hydroxylation is 1. The topological polar surface area (TPSA) is 46.9 Å². The van der Waals surface area contributed by atoms with Crippen molar-refractivity contribution >= 4 is 45.1 Å². The second kappa shape index (κ2) is 5.24. The molecule has 3 rings (SSSR count). The lowest BCUT2D eigenvalue weighted by Gasteiger charge is -2.03. The minimum absolute atomic E-state index is 0.191. The first kappa shape index (κ1) is 13.1. The van der Waals surface area contributed by atoms with Crippen molar-refractivity contribution in [2.45, 2.75) is 0 Å². The van der Waals surface area contributed by atoms with Crippen molar-refractivity contribution in [3.63, 3.8) is 0 Å². The monoisotopic (exact) mass is 377 g/mol. The molecule has 0 radical (unpaired) electrons. The Hall–Kier alpha value is -1.89. The average molecular weight is 377 g/mol. The fourth-order valence-electron chi connectivity index (χ4n) is 2.14. The summed E-state index contributed by atoms with van der Waals surface area (Å²) in [7, 11) is 1.84. The molecule has 1 N–H and O–H groups in total. The highest BCUT2D eigenvalue weighted by molar-refractivity contribution is 14.1. The van der Waals surface area contributed by atoms with Gasteiger partial charge in [-0.05, 0) is 46.9 Å². The van der Waals surface area contributed by atoms with E-state index < -0.39 is 0 Å². The van der Waals surface area contributed by atoms with Crippen LogP contribution in [-0.2, 0) is 7.05 Å². The van der Waals surface area contributed by atoms with Gasteiger partial charge in [0.1, 0.15) is 0 Å². The van der Waals surface area contributed by atoms with Gasteiger partial charge in [0.2, 0.25) is 0 Å². The van der Waals surface area contributed by atoms with Crippen LogP contribution in [0.2, 0.25) is 0 Å². The van der Waals surface area contributed by atoms with Crippen molar-refractivity contribution in [3.05, 3.63) is 57.8 Å². The summed E-state index contributed by atoms with van der Waals surface area (Å²) in [4.78, 5) is 12.4. The number of nitrogens with one attached hydrogen (secondary N) is 1. The van der Waals surface area contributed by atoms with Crippen LogP contribution in [0.25, 0.3) is 10.9 Å². The molecular formula is C15H12IN3O. The molecule has 0 aliphatic carbocycles. The lowest BCUT2D eigenvalue weighted by atomic mass is 10.2. The summed E-state index contributed by atoms with van der Waals surface area (Å²) in [6, 6.07) is 15.4. The van der Waals surface area contributed by atoms with Crippen molar-refractivity contribution in [1.82, 2.24) is 9.78 Å². The van der Waals surface area contributed by atoms with Gasteiger partial charge < -0.3 is 5.32 Å². The molecule has 0 atom stereocenters. The number of para-hydroxylation sites is 1. The molecule has 1 amide bonds. The van der Waals surface area contributed by atoms with E-state index in [1.807, 2.05) is 55.6 Å². The van der Waals surface area contributed by atoms with Crippen molar-refractivity contribution < 1.29 is 4.79 Å². The van der Waals surface area contributed by atoms with Crippen LogP contribution in [0.1, 0.15) is 10.5 Å². The Kier molecular flexibility index (Phi) is 3.43. The highest BCUT2D eigenvalue weighted by Crippen LogP contribution is 2.19. The first-order chi connectivity index (χ1) is 9.65. The Labute approximate surface area is 129 Å². The molecule has 1 aromatic heterocycles. The van der Waals surface area contributed by atoms with Crippen LogP contribution in [0.4, 0.5) is 5.69 Å². The van der Waals surface area contributed by atoms with Crippen molar-refractivity contribution in [2.75, 3.05) is 5.32 Å². The second-order valence-corrected chi connectivity index (χ2v) is 5.70. The van der Waals surface area contributed by atoms with Crippen molar-refractivity contribution in [1.29, 1.82) is 0 Å². The third kappa shape index (κ3) is 2.40. The van der Waals surface area contributed by atoms with Gasteiger partial charge in [0.15, 0.2) is 5.69 Å². The van der Waals surface area contributed by atoms with E-state index in [-0.39, 0.29) is 5.91 Å². The number of carbonyl (C=O) groups is 1. The average Bonchev–Trinajstić information content (AvgIpc) is 2.77. The molecule has 20 heavy (non-hydrogen) atoms. The molecule has 0 saturated heterocycles. The molecule has 0 unspecified atom stereocenters.